The Bertz CT molecular complexity index is 746. The number of carbonyl (C=O) groups is 1. The summed E-state index contributed by atoms with van der Waals surface area (Å²) in [5.74, 6) is -0.506. The van der Waals surface area contributed by atoms with Crippen LogP contribution in [0.5, 0.6) is 0 Å². The fourth-order valence-electron chi connectivity index (χ4n) is 1.97. The van der Waals surface area contributed by atoms with Crippen LogP contribution in [-0.4, -0.2) is 16.1 Å². The van der Waals surface area contributed by atoms with Gasteiger partial charge in [-0.1, -0.05) is 24.3 Å². The normalized spacial score (nSPS) is 10.7. The van der Waals surface area contributed by atoms with E-state index < -0.39 is 5.97 Å². The molecule has 0 atom stereocenters. The van der Waals surface area contributed by atoms with Crippen LogP contribution in [0.1, 0.15) is 22.0 Å². The largest absolute Gasteiger partial charge is 0.475 e. The average molecular weight is 253 g/mol. The average Bonchev–Trinajstić information content (AvgIpc) is 2.87. The zero-order valence-corrected chi connectivity index (χ0v) is 10.0. The number of hydrogen-bond donors (Lipinski definition) is 1. The van der Waals surface area contributed by atoms with Crippen LogP contribution in [0.3, 0.4) is 0 Å². The molecule has 0 aliphatic rings. The van der Waals surface area contributed by atoms with Gasteiger partial charge in [-0.3, -0.25) is 4.98 Å². The monoisotopic (exact) mass is 253 g/mol. The van der Waals surface area contributed by atoms with Crippen molar-refractivity contribution in [2.45, 2.75) is 6.42 Å². The van der Waals surface area contributed by atoms with Gasteiger partial charge >= 0.3 is 5.97 Å². The number of rotatable bonds is 3. The molecule has 0 amide bonds. The highest BCUT2D eigenvalue weighted by atomic mass is 16.4. The molecule has 0 radical (unpaired) electrons. The molecule has 1 N–H and O–H groups in total. The van der Waals surface area contributed by atoms with Crippen molar-refractivity contribution >= 4 is 16.9 Å². The van der Waals surface area contributed by atoms with Gasteiger partial charge in [0, 0.05) is 17.5 Å². The molecule has 4 nitrogen and oxygen atoms in total. The highest BCUT2D eigenvalue weighted by molar-refractivity contribution is 5.84. The maximum absolute atomic E-state index is 10.7. The molecule has 0 saturated carbocycles. The van der Waals surface area contributed by atoms with Crippen molar-refractivity contribution in [3.8, 4) is 0 Å². The third-order valence-electron chi connectivity index (χ3n) is 2.88. The van der Waals surface area contributed by atoms with E-state index in [0.717, 1.165) is 16.6 Å². The van der Waals surface area contributed by atoms with Crippen LogP contribution in [0.25, 0.3) is 10.9 Å². The molecule has 1 aromatic carbocycles. The topological polar surface area (TPSA) is 63.3 Å². The van der Waals surface area contributed by atoms with Crippen molar-refractivity contribution in [3.05, 3.63) is 65.7 Å². The molecule has 94 valence electrons. The van der Waals surface area contributed by atoms with Crippen molar-refractivity contribution in [2.75, 3.05) is 0 Å². The SMILES string of the molecule is O=C(O)c1ccc(Cc2ccc3ccccc3n2)o1. The number of para-hydroxylation sites is 1. The van der Waals surface area contributed by atoms with E-state index in [2.05, 4.69) is 4.98 Å². The van der Waals surface area contributed by atoms with Crippen molar-refractivity contribution in [2.24, 2.45) is 0 Å². The fraction of sp³-hybridized carbons (Fsp3) is 0.0667. The lowest BCUT2D eigenvalue weighted by molar-refractivity contribution is 0.0660. The van der Waals surface area contributed by atoms with Gasteiger partial charge in [-0.2, -0.15) is 0 Å². The molecule has 0 spiro atoms. The quantitative estimate of drug-likeness (QED) is 0.779. The van der Waals surface area contributed by atoms with Gasteiger partial charge in [0.1, 0.15) is 5.76 Å². The lowest BCUT2D eigenvalue weighted by atomic mass is 10.1. The van der Waals surface area contributed by atoms with E-state index in [9.17, 15) is 4.79 Å². The van der Waals surface area contributed by atoms with Crippen LogP contribution in [0.15, 0.2) is 52.9 Å². The number of furan rings is 1. The maximum atomic E-state index is 10.7. The summed E-state index contributed by atoms with van der Waals surface area (Å²) < 4.78 is 5.22. The van der Waals surface area contributed by atoms with Crippen LogP contribution in [-0.2, 0) is 6.42 Å². The number of fused-ring (bicyclic) bond motifs is 1. The second-order valence-electron chi connectivity index (χ2n) is 4.24. The maximum Gasteiger partial charge on any atom is 0.371 e. The molecule has 0 bridgehead atoms. The number of aromatic carboxylic acids is 1. The Morgan fingerprint density at radius 2 is 1.95 bits per heavy atom. The standard InChI is InChI=1S/C15H11NO3/c17-15(18)14-8-7-12(19-14)9-11-6-5-10-3-1-2-4-13(10)16-11/h1-8H,9H2,(H,17,18). The Kier molecular flexibility index (Phi) is 2.76. The Morgan fingerprint density at radius 3 is 2.74 bits per heavy atom. The Hall–Kier alpha value is -2.62. The van der Waals surface area contributed by atoms with Gasteiger partial charge in [0.25, 0.3) is 0 Å². The van der Waals surface area contributed by atoms with Gasteiger partial charge in [0.15, 0.2) is 0 Å². The number of benzene rings is 1. The molecule has 0 saturated heterocycles. The molecule has 3 aromatic rings. The molecular weight excluding hydrogens is 242 g/mol. The van der Waals surface area contributed by atoms with Gasteiger partial charge in [-0.15, -0.1) is 0 Å². The fourth-order valence-corrected chi connectivity index (χ4v) is 1.97. The smallest absolute Gasteiger partial charge is 0.371 e. The van der Waals surface area contributed by atoms with Gasteiger partial charge in [0.05, 0.1) is 5.52 Å². The summed E-state index contributed by atoms with van der Waals surface area (Å²) in [6, 6.07) is 14.9. The number of nitrogens with zero attached hydrogens (tertiary/aromatic N) is 1. The van der Waals surface area contributed by atoms with E-state index >= 15 is 0 Å². The second-order valence-corrected chi connectivity index (χ2v) is 4.24. The molecule has 3 rings (SSSR count). The Balaban J connectivity index is 1.89. The molecule has 19 heavy (non-hydrogen) atoms. The zero-order chi connectivity index (χ0) is 13.2. The summed E-state index contributed by atoms with van der Waals surface area (Å²) in [5, 5.41) is 9.88. The lowest BCUT2D eigenvalue weighted by Gasteiger charge is -2.01. The first-order valence-electron chi connectivity index (χ1n) is 5.89. The van der Waals surface area contributed by atoms with E-state index in [-0.39, 0.29) is 5.76 Å². The predicted molar refractivity (Wildman–Crippen MR) is 70.2 cm³/mol. The first kappa shape index (κ1) is 11.5. The summed E-state index contributed by atoms with van der Waals surface area (Å²) in [7, 11) is 0. The van der Waals surface area contributed by atoms with Crippen LogP contribution in [0, 0.1) is 0 Å². The molecule has 0 aliphatic carbocycles. The minimum atomic E-state index is -1.06. The predicted octanol–water partition coefficient (Wildman–Crippen LogP) is 3.12. The van der Waals surface area contributed by atoms with E-state index in [1.54, 1.807) is 6.07 Å². The number of carboxylic acids is 1. The van der Waals surface area contributed by atoms with E-state index in [0.29, 0.717) is 12.2 Å². The van der Waals surface area contributed by atoms with Crippen LogP contribution in [0.2, 0.25) is 0 Å². The number of carboxylic acid groups (broad SMARTS) is 1. The molecular formula is C15H11NO3. The highest BCUT2D eigenvalue weighted by Gasteiger charge is 2.09. The van der Waals surface area contributed by atoms with Crippen molar-refractivity contribution < 1.29 is 14.3 Å². The summed E-state index contributed by atoms with van der Waals surface area (Å²) in [6.07, 6.45) is 0.484. The molecule has 0 aliphatic heterocycles. The van der Waals surface area contributed by atoms with Gasteiger partial charge in [-0.05, 0) is 24.3 Å². The third-order valence-corrected chi connectivity index (χ3v) is 2.88. The van der Waals surface area contributed by atoms with E-state index in [1.807, 2.05) is 36.4 Å². The summed E-state index contributed by atoms with van der Waals surface area (Å²) in [5.41, 5.74) is 1.77. The summed E-state index contributed by atoms with van der Waals surface area (Å²) in [6.45, 7) is 0. The first-order valence-corrected chi connectivity index (χ1v) is 5.89. The van der Waals surface area contributed by atoms with E-state index in [4.69, 9.17) is 9.52 Å². The molecule has 0 unspecified atom stereocenters. The summed E-state index contributed by atoms with van der Waals surface area (Å²) in [4.78, 5) is 15.2. The minimum absolute atomic E-state index is 0.0456. The zero-order valence-electron chi connectivity index (χ0n) is 10.0. The molecule has 2 aromatic heterocycles. The van der Waals surface area contributed by atoms with Crippen molar-refractivity contribution in [1.29, 1.82) is 0 Å². The second kappa shape index (κ2) is 4.57. The Morgan fingerprint density at radius 1 is 1.11 bits per heavy atom. The van der Waals surface area contributed by atoms with Crippen LogP contribution >= 0.6 is 0 Å². The molecule has 4 heteroatoms. The van der Waals surface area contributed by atoms with Gasteiger partial charge < -0.3 is 9.52 Å². The van der Waals surface area contributed by atoms with E-state index in [1.165, 1.54) is 6.07 Å². The highest BCUT2D eigenvalue weighted by Crippen LogP contribution is 2.16. The van der Waals surface area contributed by atoms with Crippen molar-refractivity contribution in [1.82, 2.24) is 4.98 Å². The number of aromatic nitrogens is 1. The minimum Gasteiger partial charge on any atom is -0.475 e. The first-order chi connectivity index (χ1) is 9.22. The summed E-state index contributed by atoms with van der Waals surface area (Å²) >= 11 is 0. The third kappa shape index (κ3) is 2.33. The Labute approximate surface area is 109 Å². The molecule has 2 heterocycles. The number of hydrogen-bond acceptors (Lipinski definition) is 3. The number of pyridine rings is 1. The van der Waals surface area contributed by atoms with Crippen LogP contribution < -0.4 is 0 Å². The van der Waals surface area contributed by atoms with Gasteiger partial charge in [-0.25, -0.2) is 4.79 Å². The lowest BCUT2D eigenvalue weighted by Crippen LogP contribution is -1.93. The van der Waals surface area contributed by atoms with Crippen molar-refractivity contribution in [3.63, 3.8) is 0 Å². The van der Waals surface area contributed by atoms with Gasteiger partial charge in [0.2, 0.25) is 5.76 Å². The molecule has 0 fully saturated rings. The van der Waals surface area contributed by atoms with Crippen LogP contribution in [0.4, 0.5) is 0 Å².